The van der Waals surface area contributed by atoms with Gasteiger partial charge in [-0.2, -0.15) is 0 Å². The number of hydrogen-bond acceptors (Lipinski definition) is 4. The molecule has 0 aliphatic rings. The number of rotatable bonds is 7. The van der Waals surface area contributed by atoms with Crippen molar-refractivity contribution in [3.8, 4) is 0 Å². The maximum absolute atomic E-state index is 11.6. The fourth-order valence-corrected chi connectivity index (χ4v) is 2.64. The van der Waals surface area contributed by atoms with E-state index in [1.54, 1.807) is 23.7 Å². The number of carbonyl (C=O) groups is 1. The summed E-state index contributed by atoms with van der Waals surface area (Å²) < 4.78 is 0. The van der Waals surface area contributed by atoms with Gasteiger partial charge in [-0.3, -0.25) is 9.78 Å². The number of nitrogens with one attached hydrogen (secondary N) is 1. The van der Waals surface area contributed by atoms with E-state index < -0.39 is 0 Å². The van der Waals surface area contributed by atoms with Crippen LogP contribution in [0.1, 0.15) is 29.6 Å². The molecular formula is C15H19N3OS. The van der Waals surface area contributed by atoms with Gasteiger partial charge in [0.05, 0.1) is 17.1 Å². The predicted octanol–water partition coefficient (Wildman–Crippen LogP) is 2.39. The molecule has 4 nitrogen and oxygen atoms in total. The number of aromatic nitrogens is 2. The Morgan fingerprint density at radius 2 is 2.10 bits per heavy atom. The van der Waals surface area contributed by atoms with Crippen LogP contribution < -0.4 is 5.32 Å². The molecular weight excluding hydrogens is 270 g/mol. The van der Waals surface area contributed by atoms with E-state index in [0.717, 1.165) is 36.5 Å². The molecule has 0 atom stereocenters. The van der Waals surface area contributed by atoms with E-state index in [4.69, 9.17) is 0 Å². The summed E-state index contributed by atoms with van der Waals surface area (Å²) >= 11 is 1.63. The van der Waals surface area contributed by atoms with Crippen LogP contribution >= 0.6 is 11.3 Å². The Hall–Kier alpha value is -1.75. The van der Waals surface area contributed by atoms with Crippen LogP contribution in [-0.4, -0.2) is 22.4 Å². The first-order valence-corrected chi connectivity index (χ1v) is 7.74. The largest absolute Gasteiger partial charge is 0.356 e. The Bertz CT molecular complexity index is 539. The highest BCUT2D eigenvalue weighted by molar-refractivity contribution is 7.09. The number of pyridine rings is 1. The molecule has 20 heavy (non-hydrogen) atoms. The topological polar surface area (TPSA) is 54.9 Å². The highest BCUT2D eigenvalue weighted by Crippen LogP contribution is 2.13. The maximum atomic E-state index is 11.6. The average molecular weight is 289 g/mol. The third-order valence-electron chi connectivity index (χ3n) is 2.89. The molecule has 2 aromatic rings. The van der Waals surface area contributed by atoms with Crippen molar-refractivity contribution in [1.82, 2.24) is 15.3 Å². The smallest absolute Gasteiger partial charge is 0.226 e. The molecule has 2 heterocycles. The molecule has 106 valence electrons. The fraction of sp³-hybridized carbons (Fsp3) is 0.400. The van der Waals surface area contributed by atoms with E-state index >= 15 is 0 Å². The van der Waals surface area contributed by atoms with Crippen molar-refractivity contribution in [2.45, 2.75) is 32.6 Å². The van der Waals surface area contributed by atoms with E-state index in [0.29, 0.717) is 6.42 Å². The van der Waals surface area contributed by atoms with Gasteiger partial charge in [-0.1, -0.05) is 6.92 Å². The number of carbonyl (C=O) groups excluding carboxylic acids is 1. The van der Waals surface area contributed by atoms with E-state index in [2.05, 4.69) is 15.3 Å². The monoisotopic (exact) mass is 289 g/mol. The molecule has 0 aromatic carbocycles. The summed E-state index contributed by atoms with van der Waals surface area (Å²) in [5.74, 6) is 0.0535. The van der Waals surface area contributed by atoms with Gasteiger partial charge in [-0.15, -0.1) is 11.3 Å². The van der Waals surface area contributed by atoms with E-state index in [1.807, 2.05) is 24.4 Å². The molecule has 0 bridgehead atoms. The molecule has 5 heteroatoms. The van der Waals surface area contributed by atoms with Gasteiger partial charge in [0.15, 0.2) is 0 Å². The van der Waals surface area contributed by atoms with Crippen LogP contribution in [-0.2, 0) is 24.1 Å². The van der Waals surface area contributed by atoms with Crippen LogP contribution in [0.3, 0.4) is 0 Å². The minimum atomic E-state index is 0.0535. The summed E-state index contributed by atoms with van der Waals surface area (Å²) in [5.41, 5.74) is 2.13. The molecule has 0 spiro atoms. The standard InChI is InChI=1S/C15H19N3OS/c1-2-7-17-14(19)10-13-11-20-15(18-13)4-3-12-5-8-16-9-6-12/h5-6,8-9,11H,2-4,7,10H2,1H3,(H,17,19). The second kappa shape index (κ2) is 7.75. The number of amides is 1. The van der Waals surface area contributed by atoms with Gasteiger partial charge in [-0.25, -0.2) is 4.98 Å². The summed E-state index contributed by atoms with van der Waals surface area (Å²) in [5, 5.41) is 5.93. The van der Waals surface area contributed by atoms with Crippen molar-refractivity contribution in [2.24, 2.45) is 0 Å². The summed E-state index contributed by atoms with van der Waals surface area (Å²) in [7, 11) is 0. The van der Waals surface area contributed by atoms with E-state index in [1.165, 1.54) is 5.56 Å². The summed E-state index contributed by atoms with van der Waals surface area (Å²) in [6, 6.07) is 4.04. The van der Waals surface area contributed by atoms with Gasteiger partial charge in [0.1, 0.15) is 0 Å². The lowest BCUT2D eigenvalue weighted by Gasteiger charge is -2.00. The molecule has 0 aliphatic heterocycles. The molecule has 0 radical (unpaired) electrons. The maximum Gasteiger partial charge on any atom is 0.226 e. The first-order chi connectivity index (χ1) is 9.78. The van der Waals surface area contributed by atoms with Crippen molar-refractivity contribution < 1.29 is 4.79 Å². The highest BCUT2D eigenvalue weighted by Gasteiger charge is 2.07. The zero-order chi connectivity index (χ0) is 14.2. The molecule has 0 saturated carbocycles. The van der Waals surface area contributed by atoms with Gasteiger partial charge >= 0.3 is 0 Å². The van der Waals surface area contributed by atoms with Gasteiger partial charge in [0, 0.05) is 30.7 Å². The Morgan fingerprint density at radius 1 is 1.30 bits per heavy atom. The van der Waals surface area contributed by atoms with Gasteiger partial charge in [-0.05, 0) is 30.5 Å². The third-order valence-corrected chi connectivity index (χ3v) is 3.85. The number of thiazole rings is 1. The van der Waals surface area contributed by atoms with E-state index in [-0.39, 0.29) is 5.91 Å². The second-order valence-corrected chi connectivity index (χ2v) is 5.56. The molecule has 2 rings (SSSR count). The van der Waals surface area contributed by atoms with Crippen molar-refractivity contribution in [3.05, 3.63) is 46.2 Å². The summed E-state index contributed by atoms with van der Waals surface area (Å²) in [6.45, 7) is 2.78. The Kier molecular flexibility index (Phi) is 5.68. The number of nitrogens with zero attached hydrogens (tertiary/aromatic N) is 2. The van der Waals surface area contributed by atoms with Crippen molar-refractivity contribution in [2.75, 3.05) is 6.54 Å². The molecule has 0 aliphatic carbocycles. The minimum Gasteiger partial charge on any atom is -0.356 e. The normalized spacial score (nSPS) is 10.4. The SMILES string of the molecule is CCCNC(=O)Cc1csc(CCc2ccncc2)n1. The van der Waals surface area contributed by atoms with Crippen molar-refractivity contribution >= 4 is 17.2 Å². The zero-order valence-corrected chi connectivity index (χ0v) is 12.4. The average Bonchev–Trinajstić information content (AvgIpc) is 2.91. The highest BCUT2D eigenvalue weighted by atomic mass is 32.1. The van der Waals surface area contributed by atoms with Gasteiger partial charge in [0.2, 0.25) is 5.91 Å². The summed E-state index contributed by atoms with van der Waals surface area (Å²) in [4.78, 5) is 20.1. The second-order valence-electron chi connectivity index (χ2n) is 4.61. The number of aryl methyl sites for hydroxylation is 2. The molecule has 2 aromatic heterocycles. The lowest BCUT2D eigenvalue weighted by molar-refractivity contribution is -0.120. The molecule has 0 saturated heterocycles. The predicted molar refractivity (Wildman–Crippen MR) is 80.8 cm³/mol. The van der Waals surface area contributed by atoms with Crippen LogP contribution in [0.5, 0.6) is 0 Å². The molecule has 1 N–H and O–H groups in total. The summed E-state index contributed by atoms with van der Waals surface area (Å²) in [6.07, 6.45) is 6.82. The van der Waals surface area contributed by atoms with Gasteiger partial charge < -0.3 is 5.32 Å². The quantitative estimate of drug-likeness (QED) is 0.851. The minimum absolute atomic E-state index is 0.0535. The van der Waals surface area contributed by atoms with E-state index in [9.17, 15) is 4.79 Å². The Labute approximate surface area is 123 Å². The Balaban J connectivity index is 1.81. The van der Waals surface area contributed by atoms with Crippen molar-refractivity contribution in [1.29, 1.82) is 0 Å². The lowest BCUT2D eigenvalue weighted by atomic mass is 10.1. The fourth-order valence-electron chi connectivity index (χ4n) is 1.84. The van der Waals surface area contributed by atoms with Crippen LogP contribution in [0.4, 0.5) is 0 Å². The van der Waals surface area contributed by atoms with Crippen LogP contribution in [0.2, 0.25) is 0 Å². The van der Waals surface area contributed by atoms with Crippen LogP contribution in [0, 0.1) is 0 Å². The zero-order valence-electron chi connectivity index (χ0n) is 11.6. The first-order valence-electron chi connectivity index (χ1n) is 6.87. The number of hydrogen-bond donors (Lipinski definition) is 1. The molecule has 0 unspecified atom stereocenters. The lowest BCUT2D eigenvalue weighted by Crippen LogP contribution is -2.25. The third kappa shape index (κ3) is 4.74. The van der Waals surface area contributed by atoms with Crippen LogP contribution in [0.25, 0.3) is 0 Å². The first kappa shape index (κ1) is 14.7. The Morgan fingerprint density at radius 3 is 2.85 bits per heavy atom. The molecule has 1 amide bonds. The molecule has 0 fully saturated rings. The van der Waals surface area contributed by atoms with Crippen molar-refractivity contribution in [3.63, 3.8) is 0 Å². The van der Waals surface area contributed by atoms with Gasteiger partial charge in [0.25, 0.3) is 0 Å². The van der Waals surface area contributed by atoms with Crippen LogP contribution in [0.15, 0.2) is 29.9 Å².